The van der Waals surface area contributed by atoms with Crippen molar-refractivity contribution in [1.82, 2.24) is 4.90 Å². The summed E-state index contributed by atoms with van der Waals surface area (Å²) in [6.45, 7) is 7.21. The summed E-state index contributed by atoms with van der Waals surface area (Å²) in [6.07, 6.45) is 0. The van der Waals surface area contributed by atoms with Crippen LogP contribution in [-0.2, 0) is 19.8 Å². The second kappa shape index (κ2) is 8.77. The molecule has 0 saturated heterocycles. The average Bonchev–Trinajstić information content (AvgIpc) is 2.53. The summed E-state index contributed by atoms with van der Waals surface area (Å²) in [5.74, 6) is -0.427. The zero-order chi connectivity index (χ0) is 15.7. The molecule has 0 fully saturated rings. The third-order valence-corrected chi connectivity index (χ3v) is 3.51. The van der Waals surface area contributed by atoms with Crippen LogP contribution in [0.1, 0.15) is 19.4 Å². The molecule has 0 aliphatic heterocycles. The molecule has 0 radical (unpaired) electrons. The van der Waals surface area contributed by atoms with E-state index in [4.69, 9.17) is 15.2 Å². The van der Waals surface area contributed by atoms with Crippen molar-refractivity contribution in [3.63, 3.8) is 0 Å². The van der Waals surface area contributed by atoms with E-state index >= 15 is 0 Å². The van der Waals surface area contributed by atoms with Crippen LogP contribution >= 0.6 is 0 Å². The van der Waals surface area contributed by atoms with E-state index in [1.54, 1.807) is 0 Å². The van der Waals surface area contributed by atoms with E-state index in [-0.39, 0.29) is 0 Å². The highest BCUT2D eigenvalue weighted by Gasteiger charge is 2.38. The molecular formula is C16H26N2O3. The van der Waals surface area contributed by atoms with Crippen LogP contribution in [0.15, 0.2) is 30.3 Å². The number of benzene rings is 1. The van der Waals surface area contributed by atoms with Crippen molar-refractivity contribution < 1.29 is 14.3 Å². The lowest BCUT2D eigenvalue weighted by Crippen LogP contribution is -2.54. The molecule has 1 unspecified atom stereocenters. The number of methoxy groups -OCH3 is 1. The highest BCUT2D eigenvalue weighted by atomic mass is 16.5. The van der Waals surface area contributed by atoms with Crippen molar-refractivity contribution in [1.29, 1.82) is 0 Å². The Balaban J connectivity index is 2.89. The predicted molar refractivity (Wildman–Crippen MR) is 82.9 cm³/mol. The van der Waals surface area contributed by atoms with Crippen molar-refractivity contribution in [2.75, 3.05) is 40.0 Å². The number of esters is 1. The van der Waals surface area contributed by atoms with Gasteiger partial charge in [-0.05, 0) is 19.0 Å². The van der Waals surface area contributed by atoms with E-state index in [1.807, 2.05) is 44.2 Å². The Morgan fingerprint density at radius 3 is 2.48 bits per heavy atom. The quantitative estimate of drug-likeness (QED) is 0.550. The van der Waals surface area contributed by atoms with Crippen LogP contribution in [-0.4, -0.2) is 50.8 Å². The maximum absolute atomic E-state index is 12.2. The van der Waals surface area contributed by atoms with Crippen LogP contribution in [0.25, 0.3) is 0 Å². The standard InChI is InChI=1S/C16H26N2O3/c1-4-18(11-12-21-5-2)13-16(17,15(19)20-3)14-9-7-6-8-10-14/h6-10H,4-5,11-13,17H2,1-3H3. The summed E-state index contributed by atoms with van der Waals surface area (Å²) in [5, 5.41) is 0. The molecular weight excluding hydrogens is 268 g/mol. The minimum atomic E-state index is -1.17. The molecule has 0 bridgehead atoms. The number of hydrogen-bond acceptors (Lipinski definition) is 5. The molecule has 1 rings (SSSR count). The van der Waals surface area contributed by atoms with Gasteiger partial charge in [-0.3, -0.25) is 4.90 Å². The minimum absolute atomic E-state index is 0.396. The Morgan fingerprint density at radius 1 is 1.29 bits per heavy atom. The zero-order valence-corrected chi connectivity index (χ0v) is 13.2. The van der Waals surface area contributed by atoms with Crippen LogP contribution in [0.4, 0.5) is 0 Å². The van der Waals surface area contributed by atoms with Gasteiger partial charge in [0.15, 0.2) is 5.54 Å². The lowest BCUT2D eigenvalue weighted by molar-refractivity contribution is -0.148. The topological polar surface area (TPSA) is 64.8 Å². The number of likely N-dealkylation sites (N-methyl/N-ethyl adjacent to an activating group) is 1. The monoisotopic (exact) mass is 294 g/mol. The van der Waals surface area contributed by atoms with Gasteiger partial charge >= 0.3 is 5.97 Å². The molecule has 0 aliphatic carbocycles. The number of rotatable bonds is 9. The van der Waals surface area contributed by atoms with E-state index in [1.165, 1.54) is 7.11 Å². The number of hydrogen-bond donors (Lipinski definition) is 1. The average molecular weight is 294 g/mol. The SMILES string of the molecule is CCOCCN(CC)CC(N)(C(=O)OC)c1ccccc1. The van der Waals surface area contributed by atoms with Gasteiger partial charge in [0, 0.05) is 19.7 Å². The Bertz CT molecular complexity index is 425. The summed E-state index contributed by atoms with van der Waals surface area (Å²) in [4.78, 5) is 14.3. The van der Waals surface area contributed by atoms with Crippen LogP contribution in [0.3, 0.4) is 0 Å². The molecule has 0 amide bonds. The maximum Gasteiger partial charge on any atom is 0.331 e. The first-order valence-electron chi connectivity index (χ1n) is 7.31. The molecule has 21 heavy (non-hydrogen) atoms. The number of carbonyl (C=O) groups excluding carboxylic acids is 1. The fraction of sp³-hybridized carbons (Fsp3) is 0.562. The van der Waals surface area contributed by atoms with Crippen molar-refractivity contribution in [3.05, 3.63) is 35.9 Å². The molecule has 0 aromatic heterocycles. The van der Waals surface area contributed by atoms with Crippen LogP contribution < -0.4 is 5.73 Å². The summed E-state index contributed by atoms with van der Waals surface area (Å²) in [5.41, 5.74) is 5.98. The fourth-order valence-corrected chi connectivity index (χ4v) is 2.23. The smallest absolute Gasteiger partial charge is 0.331 e. The first-order chi connectivity index (χ1) is 10.1. The Hall–Kier alpha value is -1.43. The lowest BCUT2D eigenvalue weighted by Gasteiger charge is -2.33. The van der Waals surface area contributed by atoms with E-state index in [9.17, 15) is 4.79 Å². The summed E-state index contributed by atoms with van der Waals surface area (Å²) in [6, 6.07) is 9.35. The van der Waals surface area contributed by atoms with Gasteiger partial charge < -0.3 is 15.2 Å². The third-order valence-electron chi connectivity index (χ3n) is 3.51. The molecule has 1 aromatic rings. The van der Waals surface area contributed by atoms with E-state index in [2.05, 4.69) is 4.90 Å². The minimum Gasteiger partial charge on any atom is -0.467 e. The van der Waals surface area contributed by atoms with Gasteiger partial charge in [-0.1, -0.05) is 37.3 Å². The van der Waals surface area contributed by atoms with Crippen molar-refractivity contribution >= 4 is 5.97 Å². The summed E-state index contributed by atoms with van der Waals surface area (Å²) < 4.78 is 10.3. The Labute approximate surface area is 127 Å². The van der Waals surface area contributed by atoms with Crippen LogP contribution in [0, 0.1) is 0 Å². The molecule has 2 N–H and O–H groups in total. The number of nitrogens with two attached hydrogens (primary N) is 1. The van der Waals surface area contributed by atoms with E-state index in [0.29, 0.717) is 19.8 Å². The Morgan fingerprint density at radius 2 is 1.95 bits per heavy atom. The molecule has 5 heteroatoms. The number of ether oxygens (including phenoxy) is 2. The predicted octanol–water partition coefficient (Wildman–Crippen LogP) is 1.37. The van der Waals surface area contributed by atoms with Gasteiger partial charge in [-0.25, -0.2) is 4.79 Å². The number of nitrogens with zero attached hydrogens (tertiary/aromatic N) is 1. The number of carbonyl (C=O) groups is 1. The first kappa shape index (κ1) is 17.6. The summed E-state index contributed by atoms with van der Waals surface area (Å²) in [7, 11) is 1.36. The third kappa shape index (κ3) is 4.81. The molecule has 0 spiro atoms. The molecule has 0 aliphatic rings. The lowest BCUT2D eigenvalue weighted by atomic mass is 9.90. The largest absolute Gasteiger partial charge is 0.467 e. The van der Waals surface area contributed by atoms with Gasteiger partial charge in [-0.15, -0.1) is 0 Å². The van der Waals surface area contributed by atoms with Crippen LogP contribution in [0.2, 0.25) is 0 Å². The Kier molecular flexibility index (Phi) is 7.36. The van der Waals surface area contributed by atoms with Gasteiger partial charge in [0.25, 0.3) is 0 Å². The zero-order valence-electron chi connectivity index (χ0n) is 13.2. The van der Waals surface area contributed by atoms with Crippen molar-refractivity contribution in [2.24, 2.45) is 5.73 Å². The second-order valence-electron chi connectivity index (χ2n) is 4.89. The molecule has 0 heterocycles. The maximum atomic E-state index is 12.2. The van der Waals surface area contributed by atoms with E-state index < -0.39 is 11.5 Å². The molecule has 5 nitrogen and oxygen atoms in total. The van der Waals surface area contributed by atoms with Gasteiger partial charge in [-0.2, -0.15) is 0 Å². The second-order valence-corrected chi connectivity index (χ2v) is 4.89. The highest BCUT2D eigenvalue weighted by molar-refractivity contribution is 5.82. The van der Waals surface area contributed by atoms with Gasteiger partial charge in [0.2, 0.25) is 0 Å². The first-order valence-corrected chi connectivity index (χ1v) is 7.31. The normalized spacial score (nSPS) is 14.0. The van der Waals surface area contributed by atoms with Gasteiger partial charge in [0.1, 0.15) is 0 Å². The van der Waals surface area contributed by atoms with Crippen molar-refractivity contribution in [3.8, 4) is 0 Å². The fourth-order valence-electron chi connectivity index (χ4n) is 2.23. The van der Waals surface area contributed by atoms with Crippen molar-refractivity contribution in [2.45, 2.75) is 19.4 Å². The molecule has 1 aromatic carbocycles. The van der Waals surface area contributed by atoms with Crippen LogP contribution in [0.5, 0.6) is 0 Å². The van der Waals surface area contributed by atoms with Gasteiger partial charge in [0.05, 0.1) is 13.7 Å². The highest BCUT2D eigenvalue weighted by Crippen LogP contribution is 2.21. The molecule has 0 saturated carbocycles. The summed E-state index contributed by atoms with van der Waals surface area (Å²) >= 11 is 0. The molecule has 1 atom stereocenters. The molecule has 118 valence electrons. The van der Waals surface area contributed by atoms with E-state index in [0.717, 1.165) is 18.7 Å².